The van der Waals surface area contributed by atoms with Gasteiger partial charge in [-0.05, 0) is 42.9 Å². The first kappa shape index (κ1) is 14.3. The number of nitro benzene ring substituents is 1. The van der Waals surface area contributed by atoms with Crippen LogP contribution in [-0.2, 0) is 9.63 Å². The van der Waals surface area contributed by atoms with E-state index < -0.39 is 10.9 Å². The molecule has 0 fully saturated rings. The Labute approximate surface area is 119 Å². The zero-order valence-electron chi connectivity index (χ0n) is 11.0. The maximum atomic E-state index is 11.7. The first-order valence-corrected chi connectivity index (χ1v) is 5.92. The molecule has 0 N–H and O–H groups in total. The first-order valence-electron chi connectivity index (χ1n) is 5.92. The minimum absolute atomic E-state index is 0.120. The van der Waals surface area contributed by atoms with Crippen LogP contribution < -0.4 is 0 Å². The fourth-order valence-electron chi connectivity index (χ4n) is 1.56. The van der Waals surface area contributed by atoms with Crippen LogP contribution in [0.1, 0.15) is 17.3 Å². The molecule has 1 aliphatic carbocycles. The van der Waals surface area contributed by atoms with Crippen molar-refractivity contribution in [3.05, 3.63) is 63.7 Å². The average Bonchev–Trinajstić information content (AvgIpc) is 2.48. The molecule has 21 heavy (non-hydrogen) atoms. The molecule has 0 bridgehead atoms. The smallest absolute Gasteiger partial charge is 0.312 e. The molecule has 1 aromatic rings. The van der Waals surface area contributed by atoms with Crippen LogP contribution in [0.25, 0.3) is 0 Å². The summed E-state index contributed by atoms with van der Waals surface area (Å²) in [5.74, 6) is -0.871. The van der Waals surface area contributed by atoms with Gasteiger partial charge in [-0.1, -0.05) is 5.16 Å². The van der Waals surface area contributed by atoms with Crippen LogP contribution in [0.3, 0.4) is 0 Å². The van der Waals surface area contributed by atoms with Crippen molar-refractivity contribution in [1.29, 1.82) is 0 Å². The van der Waals surface area contributed by atoms with Crippen molar-refractivity contribution in [2.24, 2.45) is 5.16 Å². The van der Waals surface area contributed by atoms with Crippen LogP contribution in [0.5, 0.6) is 0 Å². The summed E-state index contributed by atoms with van der Waals surface area (Å²) in [6.07, 6.45) is 4.25. The Morgan fingerprint density at radius 1 is 1.24 bits per heavy atom. The van der Waals surface area contributed by atoms with E-state index in [9.17, 15) is 19.7 Å². The summed E-state index contributed by atoms with van der Waals surface area (Å²) >= 11 is 0. The third kappa shape index (κ3) is 3.47. The van der Waals surface area contributed by atoms with Gasteiger partial charge in [0.1, 0.15) is 5.71 Å². The van der Waals surface area contributed by atoms with E-state index in [0.717, 1.165) is 0 Å². The molecule has 0 saturated carbocycles. The summed E-state index contributed by atoms with van der Waals surface area (Å²) in [7, 11) is 0. The zero-order valence-corrected chi connectivity index (χ0v) is 11.0. The highest BCUT2D eigenvalue weighted by molar-refractivity contribution is 6.18. The highest BCUT2D eigenvalue weighted by atomic mass is 16.7. The van der Waals surface area contributed by atoms with Gasteiger partial charge in [0.25, 0.3) is 5.69 Å². The number of carbonyl (C=O) groups is 2. The van der Waals surface area contributed by atoms with Gasteiger partial charge in [-0.15, -0.1) is 0 Å². The summed E-state index contributed by atoms with van der Waals surface area (Å²) in [6.45, 7) is 1.62. The number of hydrogen-bond donors (Lipinski definition) is 0. The molecule has 1 aromatic carbocycles. The standard InChI is InChI=1S/C14H10N2O5/c1-9-8-11(4-7-13(9)17)15-21-14(18)10-2-5-12(6-3-10)16(19)20/h2-8H,1H3/b15-11+. The summed E-state index contributed by atoms with van der Waals surface area (Å²) in [5, 5.41) is 14.1. The highest BCUT2D eigenvalue weighted by Crippen LogP contribution is 2.13. The number of rotatable bonds is 3. The van der Waals surface area contributed by atoms with E-state index in [1.807, 2.05) is 0 Å². The number of oxime groups is 1. The highest BCUT2D eigenvalue weighted by Gasteiger charge is 2.12. The summed E-state index contributed by atoms with van der Waals surface area (Å²) < 4.78 is 0. The van der Waals surface area contributed by atoms with E-state index in [-0.39, 0.29) is 17.0 Å². The Morgan fingerprint density at radius 3 is 2.48 bits per heavy atom. The second-order valence-corrected chi connectivity index (χ2v) is 4.22. The molecule has 7 heteroatoms. The van der Waals surface area contributed by atoms with Crippen molar-refractivity contribution in [3.8, 4) is 0 Å². The molecule has 106 valence electrons. The van der Waals surface area contributed by atoms with Crippen LogP contribution in [0.2, 0.25) is 0 Å². The fourth-order valence-corrected chi connectivity index (χ4v) is 1.56. The predicted molar refractivity (Wildman–Crippen MR) is 73.9 cm³/mol. The molecule has 0 atom stereocenters. The van der Waals surface area contributed by atoms with Crippen molar-refractivity contribution in [2.75, 3.05) is 0 Å². The molecule has 0 amide bonds. The number of non-ortho nitro benzene ring substituents is 1. The van der Waals surface area contributed by atoms with Crippen LogP contribution in [0.15, 0.2) is 53.2 Å². The molecule has 0 heterocycles. The Morgan fingerprint density at radius 2 is 1.90 bits per heavy atom. The Bertz CT molecular complexity index is 699. The molecule has 0 radical (unpaired) electrons. The fraction of sp³-hybridized carbons (Fsp3) is 0.0714. The number of ketones is 1. The summed E-state index contributed by atoms with van der Waals surface area (Å²) in [4.78, 5) is 37.6. The lowest BCUT2D eigenvalue weighted by Crippen LogP contribution is -2.07. The van der Waals surface area contributed by atoms with Gasteiger partial charge in [-0.25, -0.2) is 4.79 Å². The molecule has 0 aromatic heterocycles. The van der Waals surface area contributed by atoms with Crippen LogP contribution in [0, 0.1) is 10.1 Å². The van der Waals surface area contributed by atoms with E-state index in [0.29, 0.717) is 11.3 Å². The largest absolute Gasteiger partial charge is 0.365 e. The van der Waals surface area contributed by atoms with Gasteiger partial charge >= 0.3 is 5.97 Å². The number of hydrogen-bond acceptors (Lipinski definition) is 6. The van der Waals surface area contributed by atoms with Crippen LogP contribution in [0.4, 0.5) is 5.69 Å². The van der Waals surface area contributed by atoms with Crippen molar-refractivity contribution in [3.63, 3.8) is 0 Å². The monoisotopic (exact) mass is 286 g/mol. The molecular weight excluding hydrogens is 276 g/mol. The molecule has 0 saturated heterocycles. The Kier molecular flexibility index (Phi) is 4.03. The quantitative estimate of drug-likeness (QED) is 0.367. The summed E-state index contributed by atoms with van der Waals surface area (Å²) in [6, 6.07) is 4.96. The van der Waals surface area contributed by atoms with Gasteiger partial charge in [0.05, 0.1) is 10.5 Å². The van der Waals surface area contributed by atoms with E-state index >= 15 is 0 Å². The van der Waals surface area contributed by atoms with Crippen molar-refractivity contribution in [2.45, 2.75) is 6.92 Å². The van der Waals surface area contributed by atoms with Crippen LogP contribution in [-0.4, -0.2) is 22.4 Å². The van der Waals surface area contributed by atoms with E-state index in [4.69, 9.17) is 4.84 Å². The average molecular weight is 286 g/mol. The lowest BCUT2D eigenvalue weighted by molar-refractivity contribution is -0.384. The lowest BCUT2D eigenvalue weighted by atomic mass is 10.1. The van der Waals surface area contributed by atoms with Gasteiger partial charge in [0.2, 0.25) is 0 Å². The number of nitro groups is 1. The van der Waals surface area contributed by atoms with Gasteiger partial charge in [-0.2, -0.15) is 0 Å². The second-order valence-electron chi connectivity index (χ2n) is 4.22. The Hall–Kier alpha value is -3.09. The Balaban J connectivity index is 2.07. The lowest BCUT2D eigenvalue weighted by Gasteiger charge is -2.03. The number of benzene rings is 1. The predicted octanol–water partition coefficient (Wildman–Crippen LogP) is 2.19. The zero-order chi connectivity index (χ0) is 15.4. The second kappa shape index (κ2) is 5.91. The number of allylic oxidation sites excluding steroid dienone is 4. The van der Waals surface area contributed by atoms with E-state index in [1.165, 1.54) is 42.5 Å². The number of carbonyl (C=O) groups excluding carboxylic acids is 2. The van der Waals surface area contributed by atoms with E-state index in [1.54, 1.807) is 6.92 Å². The number of nitrogens with zero attached hydrogens (tertiary/aromatic N) is 2. The molecule has 0 aliphatic heterocycles. The normalized spacial score (nSPS) is 15.8. The molecular formula is C14H10N2O5. The van der Waals surface area contributed by atoms with Gasteiger partial charge < -0.3 is 4.84 Å². The topological polar surface area (TPSA) is 98.9 Å². The van der Waals surface area contributed by atoms with Crippen molar-refractivity contribution < 1.29 is 19.3 Å². The molecule has 1 aliphatic rings. The van der Waals surface area contributed by atoms with Crippen molar-refractivity contribution >= 4 is 23.2 Å². The first-order chi connectivity index (χ1) is 9.97. The van der Waals surface area contributed by atoms with Gasteiger partial charge in [-0.3, -0.25) is 14.9 Å². The molecule has 2 rings (SSSR count). The van der Waals surface area contributed by atoms with Gasteiger partial charge in [0.15, 0.2) is 5.78 Å². The minimum atomic E-state index is -0.742. The van der Waals surface area contributed by atoms with Crippen molar-refractivity contribution in [1.82, 2.24) is 0 Å². The molecule has 7 nitrogen and oxygen atoms in total. The maximum absolute atomic E-state index is 11.7. The molecule has 0 unspecified atom stereocenters. The molecule has 0 spiro atoms. The van der Waals surface area contributed by atoms with E-state index in [2.05, 4.69) is 5.16 Å². The SMILES string of the molecule is CC1=C/C(=N/OC(=O)c2ccc([N+](=O)[O-])cc2)C=CC1=O. The van der Waals surface area contributed by atoms with Crippen LogP contribution >= 0.6 is 0 Å². The third-order valence-electron chi connectivity index (χ3n) is 2.71. The van der Waals surface area contributed by atoms with Gasteiger partial charge in [0, 0.05) is 12.1 Å². The summed E-state index contributed by atoms with van der Waals surface area (Å²) in [5.41, 5.74) is 0.844. The third-order valence-corrected chi connectivity index (χ3v) is 2.71. The maximum Gasteiger partial charge on any atom is 0.365 e. The minimum Gasteiger partial charge on any atom is -0.312 e.